The molecule has 0 aromatic carbocycles. The molecule has 0 bridgehead atoms. The number of nitrogens with zero attached hydrogens (tertiary/aromatic N) is 2. The first-order chi connectivity index (χ1) is 13.8. The Morgan fingerprint density at radius 2 is 1.76 bits per heavy atom. The Morgan fingerprint density at radius 1 is 1.03 bits per heavy atom. The monoisotopic (exact) mass is 420 g/mol. The molecule has 29 heavy (non-hydrogen) atoms. The highest BCUT2D eigenvalue weighted by Gasteiger charge is 2.42. The first-order valence-electron chi connectivity index (χ1n) is 10.2. The average molecular weight is 420 g/mol. The van der Waals surface area contributed by atoms with E-state index in [-0.39, 0.29) is 42.9 Å². The van der Waals surface area contributed by atoms with Crippen molar-refractivity contribution in [2.45, 2.75) is 64.5 Å². The average Bonchev–Trinajstić information content (AvgIpc) is 2.71. The van der Waals surface area contributed by atoms with Gasteiger partial charge in [0.25, 0.3) is 0 Å². The Bertz CT molecular complexity index is 607. The molecule has 2 rings (SSSR count). The number of ether oxygens (including phenoxy) is 1. The van der Waals surface area contributed by atoms with Gasteiger partial charge in [-0.2, -0.15) is 13.2 Å². The van der Waals surface area contributed by atoms with Crippen LogP contribution in [0.15, 0.2) is 10.3 Å². The van der Waals surface area contributed by atoms with Gasteiger partial charge in [-0.3, -0.25) is 0 Å². The lowest BCUT2D eigenvalue weighted by molar-refractivity contribution is -0.183. The first-order valence-corrected chi connectivity index (χ1v) is 10.2. The number of esters is 1. The van der Waals surface area contributed by atoms with Gasteiger partial charge in [-0.05, 0) is 39.0 Å². The zero-order valence-electron chi connectivity index (χ0n) is 17.3. The Kier molecular flexibility index (Phi) is 8.77. The normalized spacial score (nSPS) is 29.3. The van der Waals surface area contributed by atoms with Gasteiger partial charge in [0.2, 0.25) is 0 Å². The van der Waals surface area contributed by atoms with Crippen LogP contribution >= 0.6 is 0 Å². The van der Waals surface area contributed by atoms with Gasteiger partial charge >= 0.3 is 12.1 Å². The lowest BCUT2D eigenvalue weighted by Gasteiger charge is -2.31. The summed E-state index contributed by atoms with van der Waals surface area (Å²) in [6.07, 6.45) is 0.929. The summed E-state index contributed by atoms with van der Waals surface area (Å²) in [4.78, 5) is 22.4. The molecular formula is C20H31F3N2O4. The maximum Gasteiger partial charge on any atom is 0.391 e. The summed E-state index contributed by atoms with van der Waals surface area (Å²) in [6.45, 7) is 2.01. The molecule has 0 radical (unpaired) electrons. The third-order valence-electron chi connectivity index (χ3n) is 6.07. The smallest absolute Gasteiger partial charge is 0.391 e. The highest BCUT2D eigenvalue weighted by molar-refractivity contribution is 6.37. The minimum atomic E-state index is -4.15. The number of oxime groups is 2. The predicted octanol–water partition coefficient (Wildman–Crippen LogP) is 4.73. The molecule has 9 heteroatoms. The van der Waals surface area contributed by atoms with Crippen LogP contribution in [-0.4, -0.2) is 44.4 Å². The van der Waals surface area contributed by atoms with E-state index < -0.39 is 18.1 Å². The molecule has 2 fully saturated rings. The van der Waals surface area contributed by atoms with Crippen LogP contribution < -0.4 is 0 Å². The van der Waals surface area contributed by atoms with Crippen molar-refractivity contribution in [2.75, 3.05) is 20.8 Å². The Morgan fingerprint density at radius 3 is 2.41 bits per heavy atom. The number of alkyl halides is 3. The fraction of sp³-hybridized carbons (Fsp3) is 0.850. The van der Waals surface area contributed by atoms with Crippen LogP contribution in [-0.2, 0) is 19.2 Å². The molecule has 0 N–H and O–H groups in total. The minimum Gasteiger partial charge on any atom is -0.464 e. The van der Waals surface area contributed by atoms with E-state index in [0.717, 1.165) is 25.7 Å². The van der Waals surface area contributed by atoms with E-state index in [0.29, 0.717) is 18.6 Å². The molecule has 2 aliphatic rings. The quantitative estimate of drug-likeness (QED) is 0.339. The molecule has 2 saturated carbocycles. The standard InChI is InChI=1S/C20H31F3N2O4/c1-13(14-8-6-9-16(11-14)20(21,22)23)24-29-12-15-7-4-5-10-17(15)18(25-28-3)19(26)27-2/h14-17H,4-12H2,1-3H3/b24-13+,25-18+. The van der Waals surface area contributed by atoms with Crippen LogP contribution in [0.3, 0.4) is 0 Å². The summed E-state index contributed by atoms with van der Waals surface area (Å²) in [6, 6.07) is 0. The molecule has 0 spiro atoms. The van der Waals surface area contributed by atoms with Gasteiger partial charge in [-0.25, -0.2) is 4.79 Å². The fourth-order valence-electron chi connectivity index (χ4n) is 4.40. The SMILES string of the molecule is CO/N=C(/C(=O)OC)C1CCCCC1CO/N=C(\C)C1CCCC(C(F)(F)F)C1. The predicted molar refractivity (Wildman–Crippen MR) is 102 cm³/mol. The van der Waals surface area contributed by atoms with Crippen LogP contribution in [0.25, 0.3) is 0 Å². The zero-order valence-corrected chi connectivity index (χ0v) is 17.3. The van der Waals surface area contributed by atoms with Crippen LogP contribution in [0.5, 0.6) is 0 Å². The van der Waals surface area contributed by atoms with Gasteiger partial charge in [0.05, 0.1) is 18.7 Å². The van der Waals surface area contributed by atoms with E-state index in [1.54, 1.807) is 6.92 Å². The zero-order chi connectivity index (χ0) is 21.4. The molecule has 0 saturated heterocycles. The Balaban J connectivity index is 1.97. The molecule has 4 atom stereocenters. The van der Waals surface area contributed by atoms with Gasteiger partial charge < -0.3 is 14.4 Å². The second-order valence-electron chi connectivity index (χ2n) is 7.93. The number of carbonyl (C=O) groups is 1. The number of methoxy groups -OCH3 is 1. The van der Waals surface area contributed by atoms with Crippen molar-refractivity contribution in [1.82, 2.24) is 0 Å². The van der Waals surface area contributed by atoms with Gasteiger partial charge in [0.1, 0.15) is 13.7 Å². The van der Waals surface area contributed by atoms with Gasteiger partial charge in [0.15, 0.2) is 5.71 Å². The van der Waals surface area contributed by atoms with E-state index in [1.807, 2.05) is 0 Å². The van der Waals surface area contributed by atoms with Crippen molar-refractivity contribution < 1.29 is 32.4 Å². The number of halogens is 3. The van der Waals surface area contributed by atoms with Crippen LogP contribution in [0.2, 0.25) is 0 Å². The summed E-state index contributed by atoms with van der Waals surface area (Å²) in [5, 5.41) is 7.99. The molecule has 0 heterocycles. The third kappa shape index (κ3) is 6.60. The van der Waals surface area contributed by atoms with Gasteiger partial charge in [-0.15, -0.1) is 0 Å². The second kappa shape index (κ2) is 10.8. The molecule has 166 valence electrons. The van der Waals surface area contributed by atoms with Crippen LogP contribution in [0.1, 0.15) is 58.3 Å². The molecular weight excluding hydrogens is 389 g/mol. The molecule has 0 aromatic heterocycles. The van der Waals surface area contributed by atoms with E-state index >= 15 is 0 Å². The Hall–Kier alpha value is -1.80. The van der Waals surface area contributed by atoms with Crippen molar-refractivity contribution in [3.63, 3.8) is 0 Å². The van der Waals surface area contributed by atoms with Crippen molar-refractivity contribution in [3.8, 4) is 0 Å². The number of rotatable bonds is 7. The van der Waals surface area contributed by atoms with Gasteiger partial charge in [0, 0.05) is 17.8 Å². The summed E-state index contributed by atoms with van der Waals surface area (Å²) >= 11 is 0. The molecule has 4 unspecified atom stereocenters. The molecule has 0 aliphatic heterocycles. The van der Waals surface area contributed by atoms with Crippen molar-refractivity contribution in [2.24, 2.45) is 34.0 Å². The Labute approximate surface area is 169 Å². The lowest BCUT2D eigenvalue weighted by atomic mass is 9.77. The highest BCUT2D eigenvalue weighted by Crippen LogP contribution is 2.40. The third-order valence-corrected chi connectivity index (χ3v) is 6.07. The lowest BCUT2D eigenvalue weighted by Crippen LogP contribution is -2.35. The number of hydrogen-bond donors (Lipinski definition) is 0. The molecule has 6 nitrogen and oxygen atoms in total. The maximum atomic E-state index is 13.0. The topological polar surface area (TPSA) is 69.5 Å². The maximum absolute atomic E-state index is 13.0. The fourth-order valence-corrected chi connectivity index (χ4v) is 4.40. The van der Waals surface area contributed by atoms with Crippen molar-refractivity contribution in [1.29, 1.82) is 0 Å². The van der Waals surface area contributed by atoms with E-state index in [9.17, 15) is 18.0 Å². The molecule has 0 aromatic rings. The van der Waals surface area contributed by atoms with E-state index in [2.05, 4.69) is 10.3 Å². The van der Waals surface area contributed by atoms with E-state index in [1.165, 1.54) is 14.2 Å². The minimum absolute atomic E-state index is 0.0163. The van der Waals surface area contributed by atoms with E-state index in [4.69, 9.17) is 14.4 Å². The largest absolute Gasteiger partial charge is 0.464 e. The van der Waals surface area contributed by atoms with Crippen LogP contribution in [0, 0.1) is 23.7 Å². The molecule has 2 aliphatic carbocycles. The van der Waals surface area contributed by atoms with Crippen molar-refractivity contribution in [3.05, 3.63) is 0 Å². The summed E-state index contributed by atoms with van der Waals surface area (Å²) in [7, 11) is 2.68. The number of carbonyl (C=O) groups excluding carboxylic acids is 1. The first kappa shape index (κ1) is 23.5. The molecule has 0 amide bonds. The van der Waals surface area contributed by atoms with Gasteiger partial charge in [-0.1, -0.05) is 29.6 Å². The second-order valence-corrected chi connectivity index (χ2v) is 7.93. The summed E-state index contributed by atoms with van der Waals surface area (Å²) in [5.41, 5.74) is 0.842. The van der Waals surface area contributed by atoms with Crippen molar-refractivity contribution >= 4 is 17.4 Å². The van der Waals surface area contributed by atoms with Crippen LogP contribution in [0.4, 0.5) is 13.2 Å². The number of hydrogen-bond acceptors (Lipinski definition) is 6. The summed E-state index contributed by atoms with van der Waals surface area (Å²) in [5.74, 6) is -2.14. The highest BCUT2D eigenvalue weighted by atomic mass is 19.4. The summed E-state index contributed by atoms with van der Waals surface area (Å²) < 4.78 is 43.9.